The Morgan fingerprint density at radius 2 is 2.30 bits per heavy atom. The second kappa shape index (κ2) is 2.58. The first-order valence-corrected chi connectivity index (χ1v) is 3.50. The fourth-order valence-electron chi connectivity index (χ4n) is 1.34. The molecule has 3 nitrogen and oxygen atoms in total. The van der Waals surface area contributed by atoms with E-state index in [-0.39, 0.29) is 11.3 Å². The molecule has 0 aliphatic heterocycles. The lowest BCUT2D eigenvalue weighted by atomic mass is 9.69. The van der Waals surface area contributed by atoms with E-state index in [2.05, 4.69) is 0 Å². The SMILES string of the molecule is COCC1(C(N)=O)CCC1. The van der Waals surface area contributed by atoms with Crippen LogP contribution in [-0.4, -0.2) is 19.6 Å². The molecule has 0 atom stereocenters. The summed E-state index contributed by atoms with van der Waals surface area (Å²) in [6, 6.07) is 0. The summed E-state index contributed by atoms with van der Waals surface area (Å²) in [5.41, 5.74) is 4.89. The van der Waals surface area contributed by atoms with Gasteiger partial charge in [0.2, 0.25) is 5.91 Å². The number of carbonyl (C=O) groups is 1. The third-order valence-electron chi connectivity index (χ3n) is 2.25. The zero-order valence-electron chi connectivity index (χ0n) is 6.22. The fourth-order valence-corrected chi connectivity index (χ4v) is 1.34. The molecule has 1 saturated carbocycles. The maximum Gasteiger partial charge on any atom is 0.225 e. The Labute approximate surface area is 60.5 Å². The van der Waals surface area contributed by atoms with Crippen molar-refractivity contribution in [2.24, 2.45) is 11.1 Å². The van der Waals surface area contributed by atoms with Crippen molar-refractivity contribution in [1.29, 1.82) is 0 Å². The monoisotopic (exact) mass is 143 g/mol. The molecule has 3 heteroatoms. The lowest BCUT2D eigenvalue weighted by molar-refractivity contribution is -0.136. The van der Waals surface area contributed by atoms with Gasteiger partial charge in [-0.25, -0.2) is 0 Å². The molecule has 58 valence electrons. The number of methoxy groups -OCH3 is 1. The standard InChI is InChI=1S/C7H13NO2/c1-10-5-7(6(8)9)3-2-4-7/h2-5H2,1H3,(H2,8,9). The van der Waals surface area contributed by atoms with Gasteiger partial charge in [-0.05, 0) is 12.8 Å². The number of hydrogen-bond acceptors (Lipinski definition) is 2. The van der Waals surface area contributed by atoms with Gasteiger partial charge in [0.05, 0.1) is 12.0 Å². The van der Waals surface area contributed by atoms with E-state index in [9.17, 15) is 4.79 Å². The Morgan fingerprint density at radius 3 is 2.40 bits per heavy atom. The topological polar surface area (TPSA) is 52.3 Å². The molecule has 1 fully saturated rings. The van der Waals surface area contributed by atoms with E-state index in [1.807, 2.05) is 0 Å². The van der Waals surface area contributed by atoms with Crippen molar-refractivity contribution >= 4 is 5.91 Å². The van der Waals surface area contributed by atoms with Gasteiger partial charge in [-0.3, -0.25) is 4.79 Å². The molecule has 0 spiro atoms. The van der Waals surface area contributed by atoms with Crippen LogP contribution in [0, 0.1) is 5.41 Å². The summed E-state index contributed by atoms with van der Waals surface area (Å²) in [7, 11) is 1.60. The Bertz CT molecular complexity index is 141. The minimum atomic E-state index is -0.311. The fraction of sp³-hybridized carbons (Fsp3) is 0.857. The van der Waals surface area contributed by atoms with Gasteiger partial charge in [-0.15, -0.1) is 0 Å². The van der Waals surface area contributed by atoms with Gasteiger partial charge in [-0.2, -0.15) is 0 Å². The highest BCUT2D eigenvalue weighted by atomic mass is 16.5. The zero-order valence-corrected chi connectivity index (χ0v) is 6.22. The molecule has 0 saturated heterocycles. The van der Waals surface area contributed by atoms with Crippen LogP contribution in [0.1, 0.15) is 19.3 Å². The lowest BCUT2D eigenvalue weighted by Crippen LogP contribution is -2.46. The highest BCUT2D eigenvalue weighted by molar-refractivity contribution is 5.81. The Morgan fingerprint density at radius 1 is 1.70 bits per heavy atom. The first kappa shape index (κ1) is 7.54. The van der Waals surface area contributed by atoms with E-state index in [1.54, 1.807) is 7.11 Å². The molecule has 0 heterocycles. The first-order chi connectivity index (χ1) is 4.71. The highest BCUT2D eigenvalue weighted by Gasteiger charge is 2.42. The van der Waals surface area contributed by atoms with Gasteiger partial charge in [0, 0.05) is 7.11 Å². The summed E-state index contributed by atoms with van der Waals surface area (Å²) < 4.78 is 4.91. The van der Waals surface area contributed by atoms with E-state index in [4.69, 9.17) is 10.5 Å². The highest BCUT2D eigenvalue weighted by Crippen LogP contribution is 2.40. The number of primary amides is 1. The Hall–Kier alpha value is -0.570. The number of ether oxygens (including phenoxy) is 1. The molecule has 0 aromatic carbocycles. The van der Waals surface area contributed by atoms with Crippen LogP contribution >= 0.6 is 0 Å². The summed E-state index contributed by atoms with van der Waals surface area (Å²) in [6.07, 6.45) is 2.90. The summed E-state index contributed by atoms with van der Waals surface area (Å²) >= 11 is 0. The van der Waals surface area contributed by atoms with Gasteiger partial charge < -0.3 is 10.5 Å². The van der Waals surface area contributed by atoms with Crippen LogP contribution in [0.15, 0.2) is 0 Å². The molecule has 0 bridgehead atoms. The second-order valence-electron chi connectivity index (χ2n) is 2.93. The predicted octanol–water partition coefficient (Wildman–Crippen LogP) is 0.288. The van der Waals surface area contributed by atoms with Crippen molar-refractivity contribution in [2.75, 3.05) is 13.7 Å². The molecule has 10 heavy (non-hydrogen) atoms. The molecule has 1 aliphatic carbocycles. The van der Waals surface area contributed by atoms with E-state index in [0.29, 0.717) is 6.61 Å². The maximum absolute atomic E-state index is 10.8. The molecule has 1 aliphatic rings. The van der Waals surface area contributed by atoms with Crippen LogP contribution in [0.3, 0.4) is 0 Å². The minimum absolute atomic E-state index is 0.208. The Kier molecular flexibility index (Phi) is 1.94. The van der Waals surface area contributed by atoms with Gasteiger partial charge in [0.25, 0.3) is 0 Å². The summed E-state index contributed by atoms with van der Waals surface area (Å²) in [4.78, 5) is 10.8. The van der Waals surface area contributed by atoms with Crippen molar-refractivity contribution < 1.29 is 9.53 Å². The third kappa shape index (κ3) is 1.01. The molecule has 0 aromatic rings. The molecule has 1 amide bonds. The van der Waals surface area contributed by atoms with Crippen LogP contribution in [0.25, 0.3) is 0 Å². The average Bonchev–Trinajstić information content (AvgIpc) is 1.77. The van der Waals surface area contributed by atoms with Crippen LogP contribution in [-0.2, 0) is 9.53 Å². The predicted molar refractivity (Wildman–Crippen MR) is 37.4 cm³/mol. The van der Waals surface area contributed by atoms with Crippen molar-refractivity contribution in [2.45, 2.75) is 19.3 Å². The Balaban J connectivity index is 2.50. The van der Waals surface area contributed by atoms with Crippen molar-refractivity contribution in [3.63, 3.8) is 0 Å². The summed E-state index contributed by atoms with van der Waals surface area (Å²) in [5.74, 6) is -0.208. The van der Waals surface area contributed by atoms with Gasteiger partial charge in [0.1, 0.15) is 0 Å². The molecular formula is C7H13NO2. The van der Waals surface area contributed by atoms with Crippen LogP contribution in [0.5, 0.6) is 0 Å². The number of amides is 1. The van der Waals surface area contributed by atoms with Gasteiger partial charge in [-0.1, -0.05) is 6.42 Å². The quantitative estimate of drug-likeness (QED) is 0.617. The second-order valence-corrected chi connectivity index (χ2v) is 2.93. The van der Waals surface area contributed by atoms with Crippen molar-refractivity contribution in [3.8, 4) is 0 Å². The number of hydrogen-bond donors (Lipinski definition) is 1. The largest absolute Gasteiger partial charge is 0.384 e. The van der Waals surface area contributed by atoms with Gasteiger partial charge in [0.15, 0.2) is 0 Å². The zero-order chi connectivity index (χ0) is 7.61. The number of rotatable bonds is 3. The van der Waals surface area contributed by atoms with E-state index >= 15 is 0 Å². The van der Waals surface area contributed by atoms with Gasteiger partial charge >= 0.3 is 0 Å². The van der Waals surface area contributed by atoms with Crippen LogP contribution < -0.4 is 5.73 Å². The van der Waals surface area contributed by atoms with Crippen molar-refractivity contribution in [3.05, 3.63) is 0 Å². The van der Waals surface area contributed by atoms with E-state index in [0.717, 1.165) is 19.3 Å². The lowest BCUT2D eigenvalue weighted by Gasteiger charge is -2.37. The molecule has 2 N–H and O–H groups in total. The van der Waals surface area contributed by atoms with Crippen LogP contribution in [0.2, 0.25) is 0 Å². The first-order valence-electron chi connectivity index (χ1n) is 3.50. The van der Waals surface area contributed by atoms with Crippen LogP contribution in [0.4, 0.5) is 0 Å². The normalized spacial score (nSPS) is 21.7. The minimum Gasteiger partial charge on any atom is -0.384 e. The molecule has 0 radical (unpaired) electrons. The summed E-state index contributed by atoms with van der Waals surface area (Å²) in [6.45, 7) is 0.488. The van der Waals surface area contributed by atoms with Crippen molar-refractivity contribution in [1.82, 2.24) is 0 Å². The molecule has 0 unspecified atom stereocenters. The number of nitrogens with two attached hydrogens (primary N) is 1. The third-order valence-corrected chi connectivity index (χ3v) is 2.25. The smallest absolute Gasteiger partial charge is 0.225 e. The summed E-state index contributed by atoms with van der Waals surface area (Å²) in [5, 5.41) is 0. The van der Waals surface area contributed by atoms with E-state index < -0.39 is 0 Å². The maximum atomic E-state index is 10.8. The number of carbonyl (C=O) groups excluding carboxylic acids is 1. The van der Waals surface area contributed by atoms with E-state index in [1.165, 1.54) is 0 Å². The molecular weight excluding hydrogens is 130 g/mol. The molecule has 0 aromatic heterocycles. The molecule has 1 rings (SSSR count). The average molecular weight is 143 g/mol.